The zero-order chi connectivity index (χ0) is 19.7. The number of nitrogens with zero attached hydrogens (tertiary/aromatic N) is 4. The zero-order valence-electron chi connectivity index (χ0n) is 15.4. The molecule has 28 heavy (non-hydrogen) atoms. The van der Waals surface area contributed by atoms with Gasteiger partial charge in [0.15, 0.2) is 0 Å². The van der Waals surface area contributed by atoms with Gasteiger partial charge in [-0.3, -0.25) is 14.8 Å². The van der Waals surface area contributed by atoms with Gasteiger partial charge in [0.2, 0.25) is 10.0 Å². The molecule has 144 valence electrons. The molecular formula is C20H20N4O3S. The van der Waals surface area contributed by atoms with Crippen LogP contribution in [0, 0.1) is 6.92 Å². The van der Waals surface area contributed by atoms with Crippen molar-refractivity contribution in [2.75, 3.05) is 26.2 Å². The minimum absolute atomic E-state index is 0.125. The summed E-state index contributed by atoms with van der Waals surface area (Å²) in [6.45, 7) is 3.16. The van der Waals surface area contributed by atoms with Crippen molar-refractivity contribution in [2.45, 2.75) is 11.8 Å². The van der Waals surface area contributed by atoms with Crippen molar-refractivity contribution in [1.29, 1.82) is 0 Å². The molecule has 0 saturated carbocycles. The Labute approximate surface area is 163 Å². The predicted octanol–water partition coefficient (Wildman–Crippen LogP) is 2.08. The van der Waals surface area contributed by atoms with Crippen LogP contribution < -0.4 is 0 Å². The zero-order valence-corrected chi connectivity index (χ0v) is 16.3. The summed E-state index contributed by atoms with van der Waals surface area (Å²) in [4.78, 5) is 23.2. The molecule has 0 N–H and O–H groups in total. The summed E-state index contributed by atoms with van der Waals surface area (Å²) in [7, 11) is -3.54. The molecular weight excluding hydrogens is 376 g/mol. The number of aryl methyl sites for hydroxylation is 1. The van der Waals surface area contributed by atoms with Crippen molar-refractivity contribution in [3.8, 4) is 0 Å². The fourth-order valence-electron chi connectivity index (χ4n) is 3.27. The molecule has 0 unspecified atom stereocenters. The van der Waals surface area contributed by atoms with E-state index in [-0.39, 0.29) is 23.9 Å². The Bertz CT molecular complexity index is 1120. The van der Waals surface area contributed by atoms with Crippen LogP contribution in [0.3, 0.4) is 0 Å². The molecule has 1 aliphatic rings. The third-order valence-corrected chi connectivity index (χ3v) is 6.81. The highest BCUT2D eigenvalue weighted by atomic mass is 32.2. The quantitative estimate of drug-likeness (QED) is 0.677. The molecule has 3 aromatic rings. The minimum atomic E-state index is -3.54. The molecule has 0 atom stereocenters. The first kappa shape index (κ1) is 18.5. The van der Waals surface area contributed by atoms with Gasteiger partial charge in [-0.05, 0) is 37.3 Å². The highest BCUT2D eigenvalue weighted by Crippen LogP contribution is 2.20. The second-order valence-corrected chi connectivity index (χ2v) is 8.71. The van der Waals surface area contributed by atoms with Crippen molar-refractivity contribution >= 4 is 27.0 Å². The number of hydrogen-bond donors (Lipinski definition) is 0. The lowest BCUT2D eigenvalue weighted by molar-refractivity contribution is 0.0698. The van der Waals surface area contributed by atoms with Crippen LogP contribution in [-0.4, -0.2) is 59.7 Å². The number of carbonyl (C=O) groups excluding carboxylic acids is 1. The summed E-state index contributed by atoms with van der Waals surface area (Å²) in [6.07, 6.45) is 3.20. The fourth-order valence-corrected chi connectivity index (χ4v) is 4.69. The fraction of sp³-hybridized carbons (Fsp3) is 0.250. The number of aromatic nitrogens is 2. The number of benzene rings is 2. The monoisotopic (exact) mass is 396 g/mol. The normalized spacial score (nSPS) is 15.7. The lowest BCUT2D eigenvalue weighted by atomic mass is 10.1. The Kier molecular flexibility index (Phi) is 4.82. The average Bonchev–Trinajstić information content (AvgIpc) is 2.73. The number of piperazine rings is 1. The van der Waals surface area contributed by atoms with Gasteiger partial charge in [-0.15, -0.1) is 0 Å². The standard InChI is InChI=1S/C20H20N4O3S/c1-15-2-5-17(6-3-15)28(26,27)24-12-10-23(11-13-24)20(25)16-4-7-18-19(14-16)22-9-8-21-18/h2-9,14H,10-13H2,1H3. The van der Waals surface area contributed by atoms with E-state index in [9.17, 15) is 13.2 Å². The van der Waals surface area contributed by atoms with Crippen LogP contribution in [0.1, 0.15) is 15.9 Å². The number of hydrogen-bond acceptors (Lipinski definition) is 5. The van der Waals surface area contributed by atoms with Gasteiger partial charge in [0.1, 0.15) is 0 Å². The van der Waals surface area contributed by atoms with Gasteiger partial charge in [-0.25, -0.2) is 8.42 Å². The number of sulfonamides is 1. The van der Waals surface area contributed by atoms with Crippen molar-refractivity contribution in [2.24, 2.45) is 0 Å². The molecule has 2 aromatic carbocycles. The summed E-state index contributed by atoms with van der Waals surface area (Å²) in [6, 6.07) is 12.0. The van der Waals surface area contributed by atoms with E-state index in [0.717, 1.165) is 11.1 Å². The number of carbonyl (C=O) groups is 1. The van der Waals surface area contributed by atoms with E-state index >= 15 is 0 Å². The lowest BCUT2D eigenvalue weighted by Gasteiger charge is -2.34. The Balaban J connectivity index is 1.47. The van der Waals surface area contributed by atoms with Gasteiger partial charge in [0, 0.05) is 44.1 Å². The Morgan fingerprint density at radius 3 is 2.21 bits per heavy atom. The largest absolute Gasteiger partial charge is 0.336 e. The first-order valence-corrected chi connectivity index (χ1v) is 10.5. The predicted molar refractivity (Wildman–Crippen MR) is 105 cm³/mol. The maximum Gasteiger partial charge on any atom is 0.254 e. The van der Waals surface area contributed by atoms with Gasteiger partial charge in [-0.2, -0.15) is 4.31 Å². The van der Waals surface area contributed by atoms with E-state index in [2.05, 4.69) is 9.97 Å². The molecule has 0 aliphatic carbocycles. The van der Waals surface area contributed by atoms with E-state index in [1.807, 2.05) is 6.92 Å². The van der Waals surface area contributed by atoms with E-state index < -0.39 is 10.0 Å². The molecule has 1 aromatic heterocycles. The van der Waals surface area contributed by atoms with E-state index in [1.165, 1.54) is 4.31 Å². The highest BCUT2D eigenvalue weighted by molar-refractivity contribution is 7.89. The molecule has 1 amide bonds. The summed E-state index contributed by atoms with van der Waals surface area (Å²) < 4.78 is 27.0. The minimum Gasteiger partial charge on any atom is -0.336 e. The first-order valence-electron chi connectivity index (χ1n) is 9.02. The van der Waals surface area contributed by atoms with Crippen molar-refractivity contribution < 1.29 is 13.2 Å². The Morgan fingerprint density at radius 1 is 0.893 bits per heavy atom. The van der Waals surface area contributed by atoms with Crippen molar-refractivity contribution in [3.05, 3.63) is 66.0 Å². The highest BCUT2D eigenvalue weighted by Gasteiger charge is 2.30. The van der Waals surface area contributed by atoms with E-state index in [4.69, 9.17) is 0 Å². The average molecular weight is 396 g/mol. The SMILES string of the molecule is Cc1ccc(S(=O)(=O)N2CCN(C(=O)c3ccc4nccnc4c3)CC2)cc1. The topological polar surface area (TPSA) is 83.5 Å². The van der Waals surface area contributed by atoms with Crippen LogP contribution >= 0.6 is 0 Å². The molecule has 2 heterocycles. The van der Waals surface area contributed by atoms with Crippen LogP contribution in [0.25, 0.3) is 11.0 Å². The van der Waals surface area contributed by atoms with Crippen LogP contribution in [0.2, 0.25) is 0 Å². The van der Waals surface area contributed by atoms with Gasteiger partial charge in [0.25, 0.3) is 5.91 Å². The number of fused-ring (bicyclic) bond motifs is 1. The molecule has 4 rings (SSSR count). The smallest absolute Gasteiger partial charge is 0.254 e. The molecule has 8 heteroatoms. The van der Waals surface area contributed by atoms with Crippen molar-refractivity contribution in [1.82, 2.24) is 19.2 Å². The third-order valence-electron chi connectivity index (χ3n) is 4.90. The van der Waals surface area contributed by atoms with Crippen LogP contribution in [-0.2, 0) is 10.0 Å². The Hall–Kier alpha value is -2.84. The summed E-state index contributed by atoms with van der Waals surface area (Å²) in [5, 5.41) is 0. The van der Waals surface area contributed by atoms with Crippen LogP contribution in [0.4, 0.5) is 0 Å². The molecule has 1 saturated heterocycles. The maximum atomic E-state index is 12.8. The first-order chi connectivity index (χ1) is 13.4. The van der Waals surface area contributed by atoms with E-state index in [0.29, 0.717) is 24.2 Å². The molecule has 0 bridgehead atoms. The van der Waals surface area contributed by atoms with Gasteiger partial charge in [0.05, 0.1) is 15.9 Å². The third kappa shape index (κ3) is 3.48. The molecule has 1 aliphatic heterocycles. The lowest BCUT2D eigenvalue weighted by Crippen LogP contribution is -2.50. The van der Waals surface area contributed by atoms with Crippen LogP contribution in [0.5, 0.6) is 0 Å². The van der Waals surface area contributed by atoms with E-state index in [1.54, 1.807) is 59.8 Å². The number of amides is 1. The summed E-state index contributed by atoms with van der Waals surface area (Å²) >= 11 is 0. The molecule has 1 fully saturated rings. The van der Waals surface area contributed by atoms with Gasteiger partial charge < -0.3 is 4.90 Å². The molecule has 0 spiro atoms. The second kappa shape index (κ2) is 7.29. The summed E-state index contributed by atoms with van der Waals surface area (Å²) in [5.41, 5.74) is 2.93. The summed E-state index contributed by atoms with van der Waals surface area (Å²) in [5.74, 6) is -0.125. The Morgan fingerprint density at radius 2 is 1.54 bits per heavy atom. The van der Waals surface area contributed by atoms with Gasteiger partial charge in [-0.1, -0.05) is 17.7 Å². The van der Waals surface area contributed by atoms with Gasteiger partial charge >= 0.3 is 0 Å². The van der Waals surface area contributed by atoms with Crippen LogP contribution in [0.15, 0.2) is 59.8 Å². The number of rotatable bonds is 3. The molecule has 7 nitrogen and oxygen atoms in total. The second-order valence-electron chi connectivity index (χ2n) is 6.77. The maximum absolute atomic E-state index is 12.8. The molecule has 0 radical (unpaired) electrons. The van der Waals surface area contributed by atoms with Crippen molar-refractivity contribution in [3.63, 3.8) is 0 Å².